The summed E-state index contributed by atoms with van der Waals surface area (Å²) in [5, 5.41) is 19.7. The number of aliphatic hydroxyl groups is 1. The van der Waals surface area contributed by atoms with Gasteiger partial charge in [0.1, 0.15) is 18.1 Å². The van der Waals surface area contributed by atoms with E-state index in [0.29, 0.717) is 30.7 Å². The van der Waals surface area contributed by atoms with Gasteiger partial charge >= 0.3 is 0 Å². The standard InChI is InChI=1S/C20H22N2O6/c1-13(24)19-15(4-3-7-21-19)20(26)22-8-9-27-11-14(22)12-28-18-6-2-5-17(25)16(18)10-23/h2-7,10,13-14,24-25H,8-9,11-12H2,1H3/t13-,14+/m1/s1. The Morgan fingerprint density at radius 3 is 3.00 bits per heavy atom. The molecular formula is C20H22N2O6. The molecule has 8 nitrogen and oxygen atoms in total. The summed E-state index contributed by atoms with van der Waals surface area (Å²) in [4.78, 5) is 30.0. The van der Waals surface area contributed by atoms with E-state index in [4.69, 9.17) is 9.47 Å². The molecule has 1 amide bonds. The number of hydrogen-bond acceptors (Lipinski definition) is 7. The van der Waals surface area contributed by atoms with Gasteiger partial charge in [-0.2, -0.15) is 0 Å². The molecule has 0 spiro atoms. The van der Waals surface area contributed by atoms with Gasteiger partial charge in [0.05, 0.1) is 42.2 Å². The van der Waals surface area contributed by atoms with Crippen molar-refractivity contribution in [2.45, 2.75) is 19.1 Å². The molecule has 1 aromatic heterocycles. The molecule has 2 aromatic rings. The number of rotatable bonds is 6. The lowest BCUT2D eigenvalue weighted by atomic mass is 10.1. The van der Waals surface area contributed by atoms with Crippen LogP contribution in [0.4, 0.5) is 0 Å². The van der Waals surface area contributed by atoms with E-state index in [1.807, 2.05) is 0 Å². The number of nitrogens with zero attached hydrogens (tertiary/aromatic N) is 2. The topological polar surface area (TPSA) is 109 Å². The number of amides is 1. The number of morpholine rings is 1. The molecule has 0 bridgehead atoms. The fraction of sp³-hybridized carbons (Fsp3) is 0.350. The predicted molar refractivity (Wildman–Crippen MR) is 99.5 cm³/mol. The van der Waals surface area contributed by atoms with Gasteiger partial charge in [-0.1, -0.05) is 6.07 Å². The van der Waals surface area contributed by atoms with E-state index in [-0.39, 0.29) is 36.2 Å². The zero-order valence-corrected chi connectivity index (χ0v) is 15.4. The maximum absolute atomic E-state index is 13.1. The first-order chi connectivity index (χ1) is 13.5. The molecule has 1 aliphatic heterocycles. The number of aromatic nitrogens is 1. The summed E-state index contributed by atoms with van der Waals surface area (Å²) in [6.07, 6.45) is 1.18. The zero-order valence-electron chi connectivity index (χ0n) is 15.4. The third kappa shape index (κ3) is 4.13. The third-order valence-corrected chi connectivity index (χ3v) is 4.55. The van der Waals surface area contributed by atoms with Crippen LogP contribution in [0, 0.1) is 0 Å². The molecule has 1 saturated heterocycles. The highest BCUT2D eigenvalue weighted by molar-refractivity contribution is 5.95. The average Bonchev–Trinajstić information content (AvgIpc) is 2.72. The van der Waals surface area contributed by atoms with Crippen LogP contribution < -0.4 is 4.74 Å². The van der Waals surface area contributed by atoms with E-state index < -0.39 is 12.1 Å². The maximum atomic E-state index is 13.1. The highest BCUT2D eigenvalue weighted by atomic mass is 16.5. The number of phenols is 1. The van der Waals surface area contributed by atoms with Gasteiger partial charge in [-0.05, 0) is 31.2 Å². The van der Waals surface area contributed by atoms with Crippen LogP contribution in [0.25, 0.3) is 0 Å². The number of benzene rings is 1. The van der Waals surface area contributed by atoms with Crippen molar-refractivity contribution in [3.8, 4) is 11.5 Å². The second kappa shape index (κ2) is 8.81. The van der Waals surface area contributed by atoms with Gasteiger partial charge in [0, 0.05) is 12.7 Å². The van der Waals surface area contributed by atoms with E-state index in [0.717, 1.165) is 0 Å². The Bertz CT molecular complexity index is 854. The van der Waals surface area contributed by atoms with Crippen molar-refractivity contribution in [3.63, 3.8) is 0 Å². The van der Waals surface area contributed by atoms with Crippen molar-refractivity contribution in [1.82, 2.24) is 9.88 Å². The lowest BCUT2D eigenvalue weighted by molar-refractivity contribution is -0.0153. The van der Waals surface area contributed by atoms with Gasteiger partial charge < -0.3 is 24.6 Å². The first kappa shape index (κ1) is 19.8. The smallest absolute Gasteiger partial charge is 0.256 e. The molecule has 2 heterocycles. The SMILES string of the molecule is C[C@@H](O)c1ncccc1C(=O)N1CCOC[C@H]1COc1cccc(O)c1C=O. The number of carbonyl (C=O) groups excluding carboxylic acids is 2. The van der Waals surface area contributed by atoms with E-state index >= 15 is 0 Å². The van der Waals surface area contributed by atoms with Crippen molar-refractivity contribution >= 4 is 12.2 Å². The molecule has 28 heavy (non-hydrogen) atoms. The molecule has 3 rings (SSSR count). The number of phenolic OH excluding ortho intramolecular Hbond substituents is 1. The molecule has 2 atom stereocenters. The largest absolute Gasteiger partial charge is 0.507 e. The van der Waals surface area contributed by atoms with Crippen LogP contribution in [0.1, 0.15) is 39.4 Å². The van der Waals surface area contributed by atoms with Crippen molar-refractivity contribution in [1.29, 1.82) is 0 Å². The Balaban J connectivity index is 1.79. The van der Waals surface area contributed by atoms with Crippen molar-refractivity contribution in [2.75, 3.05) is 26.4 Å². The number of aliphatic hydroxyl groups excluding tert-OH is 1. The molecule has 2 N–H and O–H groups in total. The first-order valence-electron chi connectivity index (χ1n) is 8.94. The predicted octanol–water partition coefficient (Wildman–Crippen LogP) is 1.57. The molecule has 1 aliphatic rings. The molecule has 0 unspecified atom stereocenters. The van der Waals surface area contributed by atoms with Gasteiger partial charge in [-0.3, -0.25) is 14.6 Å². The summed E-state index contributed by atoms with van der Waals surface area (Å²) in [6.45, 7) is 2.66. The number of pyridine rings is 1. The Hall–Kier alpha value is -2.97. The quantitative estimate of drug-likeness (QED) is 0.725. The minimum atomic E-state index is -0.877. The first-order valence-corrected chi connectivity index (χ1v) is 8.94. The molecule has 148 valence electrons. The van der Waals surface area contributed by atoms with Crippen molar-refractivity contribution in [3.05, 3.63) is 53.3 Å². The third-order valence-electron chi connectivity index (χ3n) is 4.55. The van der Waals surface area contributed by atoms with Crippen molar-refractivity contribution < 1.29 is 29.3 Å². The van der Waals surface area contributed by atoms with Gasteiger partial charge in [0.25, 0.3) is 5.91 Å². The average molecular weight is 386 g/mol. The number of aldehydes is 1. The number of aromatic hydroxyl groups is 1. The minimum absolute atomic E-state index is 0.0563. The normalized spacial score (nSPS) is 17.8. The van der Waals surface area contributed by atoms with Gasteiger partial charge in [0.15, 0.2) is 6.29 Å². The fourth-order valence-electron chi connectivity index (χ4n) is 3.11. The summed E-state index contributed by atoms with van der Waals surface area (Å²) in [5.41, 5.74) is 0.700. The molecule has 8 heteroatoms. The van der Waals surface area contributed by atoms with Gasteiger partial charge in [-0.25, -0.2) is 0 Å². The Morgan fingerprint density at radius 1 is 1.43 bits per heavy atom. The van der Waals surface area contributed by atoms with Crippen LogP contribution in [0.15, 0.2) is 36.5 Å². The lowest BCUT2D eigenvalue weighted by Crippen LogP contribution is -2.51. The second-order valence-electron chi connectivity index (χ2n) is 6.46. The van der Waals surface area contributed by atoms with E-state index in [2.05, 4.69) is 4.98 Å². The van der Waals surface area contributed by atoms with Gasteiger partial charge in [-0.15, -0.1) is 0 Å². The zero-order chi connectivity index (χ0) is 20.1. The van der Waals surface area contributed by atoms with Gasteiger partial charge in [0.2, 0.25) is 0 Å². The van der Waals surface area contributed by atoms with Crippen LogP contribution in [0.5, 0.6) is 11.5 Å². The van der Waals surface area contributed by atoms with Crippen LogP contribution in [-0.2, 0) is 4.74 Å². The highest BCUT2D eigenvalue weighted by Crippen LogP contribution is 2.26. The van der Waals surface area contributed by atoms with Crippen LogP contribution in [0.2, 0.25) is 0 Å². The Kier molecular flexibility index (Phi) is 6.23. The second-order valence-corrected chi connectivity index (χ2v) is 6.46. The molecule has 0 radical (unpaired) electrons. The number of hydrogen-bond donors (Lipinski definition) is 2. The van der Waals surface area contributed by atoms with Crippen molar-refractivity contribution in [2.24, 2.45) is 0 Å². The van der Waals surface area contributed by atoms with Crippen LogP contribution >= 0.6 is 0 Å². The lowest BCUT2D eigenvalue weighted by Gasteiger charge is -2.35. The van der Waals surface area contributed by atoms with Crippen LogP contribution in [-0.4, -0.2) is 64.7 Å². The summed E-state index contributed by atoms with van der Waals surface area (Å²) >= 11 is 0. The minimum Gasteiger partial charge on any atom is -0.507 e. The monoisotopic (exact) mass is 386 g/mol. The van der Waals surface area contributed by atoms with E-state index in [9.17, 15) is 19.8 Å². The molecular weight excluding hydrogens is 364 g/mol. The summed E-state index contributed by atoms with van der Waals surface area (Å²) < 4.78 is 11.2. The Labute approximate surface area is 162 Å². The molecule has 0 aliphatic carbocycles. The maximum Gasteiger partial charge on any atom is 0.256 e. The van der Waals surface area contributed by atoms with Crippen LogP contribution in [0.3, 0.4) is 0 Å². The number of ether oxygens (including phenoxy) is 2. The fourth-order valence-corrected chi connectivity index (χ4v) is 3.11. The highest BCUT2D eigenvalue weighted by Gasteiger charge is 2.31. The summed E-state index contributed by atoms with van der Waals surface area (Å²) in [5.74, 6) is -0.205. The number of carbonyl (C=O) groups is 2. The molecule has 1 aromatic carbocycles. The van der Waals surface area contributed by atoms with E-state index in [1.165, 1.54) is 12.3 Å². The van der Waals surface area contributed by atoms with E-state index in [1.54, 1.807) is 36.1 Å². The Morgan fingerprint density at radius 2 is 2.25 bits per heavy atom. The summed E-state index contributed by atoms with van der Waals surface area (Å²) in [6, 6.07) is 7.42. The molecule has 1 fully saturated rings. The molecule has 0 saturated carbocycles. The summed E-state index contributed by atoms with van der Waals surface area (Å²) in [7, 11) is 0.